The van der Waals surface area contributed by atoms with Gasteiger partial charge in [0.2, 0.25) is 5.91 Å². The highest BCUT2D eigenvalue weighted by atomic mass is 79.9. The second-order valence-electron chi connectivity index (χ2n) is 6.45. The molecule has 2 aromatic carbocycles. The lowest BCUT2D eigenvalue weighted by molar-refractivity contribution is -0.132. The van der Waals surface area contributed by atoms with Crippen LogP contribution < -0.4 is 0 Å². The molecule has 0 aliphatic carbocycles. The Kier molecular flexibility index (Phi) is 6.41. The standard InChI is InChI=1S/C20H20BrFN4OS/c1-3-25(11-15-10-16(21)7-8-17(15)22)18(27)12-26-19(23-24-20(26)28)14-6-4-5-13(2)9-14/h4-10H,3,11-12H2,1-2H3,(H,24,28). The van der Waals surface area contributed by atoms with Crippen LogP contribution >= 0.6 is 28.1 Å². The molecule has 0 aliphatic heterocycles. The predicted molar refractivity (Wildman–Crippen MR) is 113 cm³/mol. The first kappa shape index (κ1) is 20.4. The van der Waals surface area contributed by atoms with Crippen molar-refractivity contribution in [2.45, 2.75) is 26.9 Å². The van der Waals surface area contributed by atoms with Gasteiger partial charge in [0.1, 0.15) is 12.4 Å². The number of carbonyl (C=O) groups excluding carboxylic acids is 1. The van der Waals surface area contributed by atoms with Gasteiger partial charge < -0.3 is 4.90 Å². The van der Waals surface area contributed by atoms with Crippen molar-refractivity contribution >= 4 is 34.1 Å². The summed E-state index contributed by atoms with van der Waals surface area (Å²) in [7, 11) is 0. The third kappa shape index (κ3) is 4.56. The van der Waals surface area contributed by atoms with E-state index in [0.29, 0.717) is 22.7 Å². The summed E-state index contributed by atoms with van der Waals surface area (Å²) in [5.74, 6) is 0.106. The summed E-state index contributed by atoms with van der Waals surface area (Å²) in [6.45, 7) is 4.53. The maximum atomic E-state index is 14.1. The smallest absolute Gasteiger partial charge is 0.242 e. The van der Waals surface area contributed by atoms with Gasteiger partial charge >= 0.3 is 0 Å². The fraction of sp³-hybridized carbons (Fsp3) is 0.250. The Morgan fingerprint density at radius 2 is 2.11 bits per heavy atom. The quantitative estimate of drug-likeness (QED) is 0.531. The molecular weight excluding hydrogens is 443 g/mol. The SMILES string of the molecule is CCN(Cc1cc(Br)ccc1F)C(=O)Cn1c(-c2cccc(C)c2)n[nH]c1=S. The van der Waals surface area contributed by atoms with Crippen molar-refractivity contribution < 1.29 is 9.18 Å². The molecule has 1 N–H and O–H groups in total. The van der Waals surface area contributed by atoms with E-state index in [-0.39, 0.29) is 24.8 Å². The van der Waals surface area contributed by atoms with Crippen molar-refractivity contribution in [3.8, 4) is 11.4 Å². The Labute approximate surface area is 176 Å². The summed E-state index contributed by atoms with van der Waals surface area (Å²) < 4.78 is 16.9. The number of amides is 1. The van der Waals surface area contributed by atoms with E-state index in [1.807, 2.05) is 38.1 Å². The van der Waals surface area contributed by atoms with Crippen LogP contribution in [0.25, 0.3) is 11.4 Å². The van der Waals surface area contributed by atoms with Crippen molar-refractivity contribution in [1.29, 1.82) is 0 Å². The van der Waals surface area contributed by atoms with E-state index in [1.54, 1.807) is 21.6 Å². The molecule has 0 saturated carbocycles. The van der Waals surface area contributed by atoms with E-state index < -0.39 is 0 Å². The third-order valence-corrected chi connectivity index (χ3v) is 5.24. The number of rotatable bonds is 6. The summed E-state index contributed by atoms with van der Waals surface area (Å²) >= 11 is 8.67. The van der Waals surface area contributed by atoms with Crippen LogP contribution in [-0.2, 0) is 17.9 Å². The van der Waals surface area contributed by atoms with Crippen LogP contribution in [0.1, 0.15) is 18.1 Å². The number of H-pyrrole nitrogens is 1. The third-order valence-electron chi connectivity index (χ3n) is 4.43. The fourth-order valence-corrected chi connectivity index (χ4v) is 3.56. The van der Waals surface area contributed by atoms with Crippen molar-refractivity contribution in [1.82, 2.24) is 19.7 Å². The zero-order valence-electron chi connectivity index (χ0n) is 15.6. The lowest BCUT2D eigenvalue weighted by atomic mass is 10.1. The van der Waals surface area contributed by atoms with E-state index in [1.165, 1.54) is 6.07 Å². The number of aromatic amines is 1. The Morgan fingerprint density at radius 3 is 2.82 bits per heavy atom. The van der Waals surface area contributed by atoms with Crippen molar-refractivity contribution in [2.75, 3.05) is 6.54 Å². The predicted octanol–water partition coefficient (Wildman–Crippen LogP) is 4.87. The molecule has 0 radical (unpaired) electrons. The number of benzene rings is 2. The highest BCUT2D eigenvalue weighted by Crippen LogP contribution is 2.20. The Morgan fingerprint density at radius 1 is 1.32 bits per heavy atom. The van der Waals surface area contributed by atoms with Crippen molar-refractivity contribution in [3.63, 3.8) is 0 Å². The molecule has 0 bridgehead atoms. The Hall–Kier alpha value is -2.32. The molecule has 3 aromatic rings. The average Bonchev–Trinajstić information content (AvgIpc) is 3.02. The maximum absolute atomic E-state index is 14.1. The lowest BCUT2D eigenvalue weighted by Gasteiger charge is -2.22. The highest BCUT2D eigenvalue weighted by molar-refractivity contribution is 9.10. The molecule has 0 spiro atoms. The fourth-order valence-electron chi connectivity index (χ4n) is 2.95. The molecule has 1 aromatic heterocycles. The Balaban J connectivity index is 1.85. The normalized spacial score (nSPS) is 10.9. The minimum Gasteiger partial charge on any atom is -0.337 e. The van der Waals surface area contributed by atoms with Crippen molar-refractivity contribution in [2.24, 2.45) is 0 Å². The minimum atomic E-state index is -0.338. The average molecular weight is 463 g/mol. The number of nitrogens with zero attached hydrogens (tertiary/aromatic N) is 3. The summed E-state index contributed by atoms with van der Waals surface area (Å²) in [6, 6.07) is 12.5. The molecule has 0 unspecified atom stereocenters. The topological polar surface area (TPSA) is 53.9 Å². The number of aryl methyl sites for hydroxylation is 1. The van der Waals surface area contributed by atoms with E-state index in [0.717, 1.165) is 15.6 Å². The van der Waals surface area contributed by atoms with Crippen LogP contribution in [-0.4, -0.2) is 32.1 Å². The van der Waals surface area contributed by atoms with Gasteiger partial charge in [-0.1, -0.05) is 39.7 Å². The number of hydrogen-bond donors (Lipinski definition) is 1. The monoisotopic (exact) mass is 462 g/mol. The van der Waals surface area contributed by atoms with Gasteiger partial charge in [0.05, 0.1) is 0 Å². The molecule has 146 valence electrons. The second-order valence-corrected chi connectivity index (χ2v) is 7.75. The molecule has 0 fully saturated rings. The van der Waals surface area contributed by atoms with Gasteiger partial charge in [0, 0.05) is 28.7 Å². The van der Waals surface area contributed by atoms with Gasteiger partial charge in [-0.15, -0.1) is 0 Å². The van der Waals surface area contributed by atoms with E-state index in [4.69, 9.17) is 12.2 Å². The largest absolute Gasteiger partial charge is 0.337 e. The lowest BCUT2D eigenvalue weighted by Crippen LogP contribution is -2.33. The minimum absolute atomic E-state index is 0.0298. The second kappa shape index (κ2) is 8.79. The first-order valence-electron chi connectivity index (χ1n) is 8.83. The number of likely N-dealkylation sites (N-methyl/N-ethyl adjacent to an activating group) is 1. The number of nitrogens with one attached hydrogen (secondary N) is 1. The molecular formula is C20H20BrFN4OS. The summed E-state index contributed by atoms with van der Waals surface area (Å²) in [6.07, 6.45) is 0. The van der Waals surface area contributed by atoms with Crippen LogP contribution in [0.5, 0.6) is 0 Å². The zero-order chi connectivity index (χ0) is 20.3. The van der Waals surface area contributed by atoms with Crippen LogP contribution in [0.3, 0.4) is 0 Å². The van der Waals surface area contributed by atoms with Gasteiger partial charge in [-0.25, -0.2) is 4.39 Å². The van der Waals surface area contributed by atoms with Crippen LogP contribution in [0.4, 0.5) is 4.39 Å². The number of hydrogen-bond acceptors (Lipinski definition) is 3. The molecule has 0 atom stereocenters. The first-order chi connectivity index (χ1) is 13.4. The molecule has 1 amide bonds. The van der Waals surface area contributed by atoms with Crippen molar-refractivity contribution in [3.05, 3.63) is 68.7 Å². The zero-order valence-corrected chi connectivity index (χ0v) is 18.0. The highest BCUT2D eigenvalue weighted by Gasteiger charge is 2.18. The molecule has 8 heteroatoms. The molecule has 28 heavy (non-hydrogen) atoms. The summed E-state index contributed by atoms with van der Waals surface area (Å²) in [4.78, 5) is 14.5. The number of halogens is 2. The summed E-state index contributed by atoms with van der Waals surface area (Å²) in [5, 5.41) is 7.05. The summed E-state index contributed by atoms with van der Waals surface area (Å²) in [5.41, 5.74) is 2.42. The van der Waals surface area contributed by atoms with Crippen LogP contribution in [0.2, 0.25) is 0 Å². The first-order valence-corrected chi connectivity index (χ1v) is 10.0. The maximum Gasteiger partial charge on any atom is 0.242 e. The van der Waals surface area contributed by atoms with E-state index in [9.17, 15) is 9.18 Å². The number of carbonyl (C=O) groups is 1. The van der Waals surface area contributed by atoms with Gasteiger partial charge in [-0.2, -0.15) is 5.10 Å². The molecule has 3 rings (SSSR count). The molecule has 0 saturated heterocycles. The number of aromatic nitrogens is 3. The van der Waals surface area contributed by atoms with Crippen LogP contribution in [0, 0.1) is 17.5 Å². The molecule has 5 nitrogen and oxygen atoms in total. The van der Waals surface area contributed by atoms with Gasteiger partial charge in [0.25, 0.3) is 0 Å². The van der Waals surface area contributed by atoms with E-state index >= 15 is 0 Å². The molecule has 0 aliphatic rings. The van der Waals surface area contributed by atoms with Gasteiger partial charge in [-0.05, 0) is 50.3 Å². The van der Waals surface area contributed by atoms with Gasteiger partial charge in [0.15, 0.2) is 10.6 Å². The molecule has 1 heterocycles. The van der Waals surface area contributed by atoms with E-state index in [2.05, 4.69) is 26.1 Å². The van der Waals surface area contributed by atoms with Crippen LogP contribution in [0.15, 0.2) is 46.9 Å². The Bertz CT molecular complexity index is 1060. The van der Waals surface area contributed by atoms with Gasteiger partial charge in [-0.3, -0.25) is 14.5 Å².